The largest absolute Gasteiger partial charge is 0.490 e. The maximum atomic E-state index is 8.86. The zero-order chi connectivity index (χ0) is 12.2. The molecule has 1 unspecified atom stereocenters. The Balaban J connectivity index is 2.87. The van der Waals surface area contributed by atoms with Gasteiger partial charge in [-0.3, -0.25) is 0 Å². The van der Waals surface area contributed by atoms with E-state index < -0.39 is 0 Å². The first-order valence-corrected chi connectivity index (χ1v) is 5.82. The van der Waals surface area contributed by atoms with Crippen LogP contribution in [0.2, 0.25) is 0 Å². The Kier molecular flexibility index (Phi) is 4.36. The molecular weight excluding hydrogens is 200 g/mol. The van der Waals surface area contributed by atoms with E-state index in [2.05, 4.69) is 26.8 Å². The van der Waals surface area contributed by atoms with Gasteiger partial charge in [0.15, 0.2) is 0 Å². The minimum Gasteiger partial charge on any atom is -0.490 e. The van der Waals surface area contributed by atoms with Crippen LogP contribution < -0.4 is 4.74 Å². The molecule has 0 saturated carbocycles. The lowest BCUT2D eigenvalue weighted by atomic mass is 9.86. The molecule has 0 fully saturated rings. The van der Waals surface area contributed by atoms with Gasteiger partial charge in [-0.2, -0.15) is 0 Å². The predicted molar refractivity (Wildman–Crippen MR) is 66.9 cm³/mol. The smallest absolute Gasteiger partial charge is 0.123 e. The number of aliphatic hydroxyl groups excluding tert-OH is 1. The van der Waals surface area contributed by atoms with Crippen LogP contribution in [0.4, 0.5) is 0 Å². The quantitative estimate of drug-likeness (QED) is 0.848. The van der Waals surface area contributed by atoms with Crippen molar-refractivity contribution in [1.82, 2.24) is 0 Å². The molecule has 0 amide bonds. The third kappa shape index (κ3) is 3.53. The summed E-state index contributed by atoms with van der Waals surface area (Å²) in [5.74, 6) is 0.927. The van der Waals surface area contributed by atoms with Gasteiger partial charge in [0.2, 0.25) is 0 Å². The van der Waals surface area contributed by atoms with E-state index in [1.54, 1.807) is 0 Å². The summed E-state index contributed by atoms with van der Waals surface area (Å²) in [5, 5.41) is 8.86. The van der Waals surface area contributed by atoms with Gasteiger partial charge in [-0.25, -0.2) is 0 Å². The van der Waals surface area contributed by atoms with Crippen molar-refractivity contribution in [2.75, 3.05) is 6.61 Å². The lowest BCUT2D eigenvalue weighted by molar-refractivity contribution is 0.166. The average Bonchev–Trinajstić information content (AvgIpc) is 2.17. The van der Waals surface area contributed by atoms with Crippen molar-refractivity contribution in [1.29, 1.82) is 0 Å². The van der Waals surface area contributed by atoms with E-state index >= 15 is 0 Å². The van der Waals surface area contributed by atoms with E-state index in [-0.39, 0.29) is 18.1 Å². The highest BCUT2D eigenvalue weighted by Gasteiger charge is 2.19. The fourth-order valence-electron chi connectivity index (χ4n) is 1.65. The second kappa shape index (κ2) is 5.35. The van der Waals surface area contributed by atoms with E-state index in [0.717, 1.165) is 5.75 Å². The Hall–Kier alpha value is -1.02. The molecule has 0 aliphatic rings. The van der Waals surface area contributed by atoms with Crippen molar-refractivity contribution in [2.45, 2.75) is 45.6 Å². The van der Waals surface area contributed by atoms with Crippen LogP contribution >= 0.6 is 0 Å². The third-order valence-corrected chi connectivity index (χ3v) is 2.56. The zero-order valence-corrected chi connectivity index (χ0v) is 10.7. The second-order valence-corrected chi connectivity index (χ2v) is 5.19. The standard InChI is InChI=1S/C14H22O2/c1-11(9-10-15)16-13-8-6-5-7-12(13)14(2,3)4/h5-8,11,15H,9-10H2,1-4H3. The Morgan fingerprint density at radius 3 is 2.44 bits per heavy atom. The van der Waals surface area contributed by atoms with Gasteiger partial charge in [0.25, 0.3) is 0 Å². The molecule has 1 rings (SSSR count). The van der Waals surface area contributed by atoms with Crippen LogP contribution in [-0.2, 0) is 5.41 Å². The normalized spacial score (nSPS) is 13.6. The van der Waals surface area contributed by atoms with Crippen LogP contribution in [0.15, 0.2) is 24.3 Å². The molecule has 0 saturated heterocycles. The van der Waals surface area contributed by atoms with E-state index in [4.69, 9.17) is 9.84 Å². The molecule has 0 aliphatic carbocycles. The second-order valence-electron chi connectivity index (χ2n) is 5.19. The van der Waals surface area contributed by atoms with Crippen LogP contribution in [0.1, 0.15) is 39.7 Å². The van der Waals surface area contributed by atoms with Gasteiger partial charge in [-0.15, -0.1) is 0 Å². The monoisotopic (exact) mass is 222 g/mol. The van der Waals surface area contributed by atoms with Gasteiger partial charge in [0.05, 0.1) is 6.10 Å². The van der Waals surface area contributed by atoms with E-state index in [0.29, 0.717) is 6.42 Å². The summed E-state index contributed by atoms with van der Waals surface area (Å²) in [5.41, 5.74) is 1.29. The minimum atomic E-state index is 0.0495. The van der Waals surface area contributed by atoms with Gasteiger partial charge in [0.1, 0.15) is 5.75 Å². The maximum absolute atomic E-state index is 8.86. The lowest BCUT2D eigenvalue weighted by Crippen LogP contribution is -2.18. The average molecular weight is 222 g/mol. The molecule has 2 heteroatoms. The Labute approximate surface area is 98.3 Å². The maximum Gasteiger partial charge on any atom is 0.123 e. The first-order valence-electron chi connectivity index (χ1n) is 5.82. The van der Waals surface area contributed by atoms with Crippen LogP contribution in [-0.4, -0.2) is 17.8 Å². The van der Waals surface area contributed by atoms with Crippen LogP contribution in [0, 0.1) is 0 Å². The van der Waals surface area contributed by atoms with Gasteiger partial charge in [-0.05, 0) is 24.0 Å². The summed E-state index contributed by atoms with van der Waals surface area (Å²) in [6, 6.07) is 8.11. The summed E-state index contributed by atoms with van der Waals surface area (Å²) >= 11 is 0. The van der Waals surface area contributed by atoms with E-state index in [1.165, 1.54) is 5.56 Å². The summed E-state index contributed by atoms with van der Waals surface area (Å²) in [4.78, 5) is 0. The molecule has 2 nitrogen and oxygen atoms in total. The minimum absolute atomic E-state index is 0.0495. The molecule has 1 aromatic rings. The number of para-hydroxylation sites is 1. The molecule has 0 bridgehead atoms. The van der Waals surface area contributed by atoms with Crippen LogP contribution in [0.5, 0.6) is 5.75 Å². The summed E-state index contributed by atoms with van der Waals surface area (Å²) in [6.07, 6.45) is 0.715. The van der Waals surface area contributed by atoms with Gasteiger partial charge < -0.3 is 9.84 Å². The number of benzene rings is 1. The van der Waals surface area contributed by atoms with E-state index in [1.807, 2.05) is 25.1 Å². The molecule has 1 N–H and O–H groups in total. The highest BCUT2D eigenvalue weighted by atomic mass is 16.5. The highest BCUT2D eigenvalue weighted by molar-refractivity contribution is 5.38. The number of rotatable bonds is 4. The molecule has 0 radical (unpaired) electrons. The summed E-state index contributed by atoms with van der Waals surface area (Å²) < 4.78 is 5.85. The zero-order valence-electron chi connectivity index (χ0n) is 10.7. The van der Waals surface area contributed by atoms with Crippen molar-refractivity contribution < 1.29 is 9.84 Å². The fourth-order valence-corrected chi connectivity index (χ4v) is 1.65. The van der Waals surface area contributed by atoms with Gasteiger partial charge in [-0.1, -0.05) is 39.0 Å². The molecule has 0 heterocycles. The Morgan fingerprint density at radius 2 is 1.88 bits per heavy atom. The fraction of sp³-hybridized carbons (Fsp3) is 0.571. The highest BCUT2D eigenvalue weighted by Crippen LogP contribution is 2.31. The van der Waals surface area contributed by atoms with Crippen molar-refractivity contribution in [3.63, 3.8) is 0 Å². The number of hydrogen-bond donors (Lipinski definition) is 1. The van der Waals surface area contributed by atoms with Crippen molar-refractivity contribution in [2.24, 2.45) is 0 Å². The molecule has 16 heavy (non-hydrogen) atoms. The first kappa shape index (κ1) is 13.0. The van der Waals surface area contributed by atoms with Crippen molar-refractivity contribution in [3.8, 4) is 5.75 Å². The topological polar surface area (TPSA) is 29.5 Å². The number of ether oxygens (including phenoxy) is 1. The Morgan fingerprint density at radius 1 is 1.25 bits per heavy atom. The van der Waals surface area contributed by atoms with Crippen molar-refractivity contribution >= 4 is 0 Å². The van der Waals surface area contributed by atoms with Gasteiger partial charge >= 0.3 is 0 Å². The van der Waals surface area contributed by atoms with Crippen LogP contribution in [0.25, 0.3) is 0 Å². The molecule has 1 aromatic carbocycles. The molecule has 1 atom stereocenters. The van der Waals surface area contributed by atoms with Gasteiger partial charge in [0, 0.05) is 13.0 Å². The SMILES string of the molecule is CC(CCO)Oc1ccccc1C(C)(C)C. The molecular formula is C14H22O2. The summed E-state index contributed by atoms with van der Waals surface area (Å²) in [7, 11) is 0. The predicted octanol–water partition coefficient (Wildman–Crippen LogP) is 3.13. The third-order valence-electron chi connectivity index (χ3n) is 2.56. The number of aliphatic hydroxyl groups is 1. The Bertz CT molecular complexity index is 326. The number of hydrogen-bond acceptors (Lipinski definition) is 2. The van der Waals surface area contributed by atoms with Crippen LogP contribution in [0.3, 0.4) is 0 Å². The molecule has 0 spiro atoms. The van der Waals surface area contributed by atoms with E-state index in [9.17, 15) is 0 Å². The summed E-state index contributed by atoms with van der Waals surface area (Å²) in [6.45, 7) is 8.66. The molecule has 0 aromatic heterocycles. The lowest BCUT2D eigenvalue weighted by Gasteiger charge is -2.24. The molecule has 0 aliphatic heterocycles. The first-order chi connectivity index (χ1) is 7.45. The molecule has 90 valence electrons. The van der Waals surface area contributed by atoms with Crippen molar-refractivity contribution in [3.05, 3.63) is 29.8 Å².